The van der Waals surface area contributed by atoms with E-state index in [4.69, 9.17) is 21.1 Å². The van der Waals surface area contributed by atoms with Crippen molar-refractivity contribution in [3.8, 4) is 11.5 Å². The summed E-state index contributed by atoms with van der Waals surface area (Å²) in [5, 5.41) is 15.0. The molecular formula is C28H36ClFN6O3. The zero-order valence-electron chi connectivity index (χ0n) is 22.8. The zero-order chi connectivity index (χ0) is 27.7. The molecule has 5 rings (SSSR count). The second-order valence-corrected chi connectivity index (χ2v) is 11.0. The van der Waals surface area contributed by atoms with Gasteiger partial charge in [-0.25, -0.2) is 14.4 Å². The molecule has 0 aliphatic carbocycles. The molecule has 2 saturated heterocycles. The first-order valence-electron chi connectivity index (χ1n) is 13.2. The largest absolute Gasteiger partial charge is 0.493 e. The molecule has 0 bridgehead atoms. The first-order chi connectivity index (χ1) is 18.7. The van der Waals surface area contributed by atoms with Crippen LogP contribution < -0.4 is 14.8 Å². The smallest absolute Gasteiger partial charge is 0.165 e. The summed E-state index contributed by atoms with van der Waals surface area (Å²) in [7, 11) is 7.76. The van der Waals surface area contributed by atoms with Gasteiger partial charge in [-0.05, 0) is 65.3 Å². The van der Waals surface area contributed by atoms with Crippen LogP contribution in [0.2, 0.25) is 5.02 Å². The van der Waals surface area contributed by atoms with Gasteiger partial charge in [-0.15, -0.1) is 0 Å². The Labute approximate surface area is 233 Å². The second-order valence-electron chi connectivity index (χ2n) is 10.6. The number of benzene rings is 2. The molecule has 0 spiro atoms. The van der Waals surface area contributed by atoms with Crippen LogP contribution in [0.3, 0.4) is 0 Å². The average Bonchev–Trinajstić information content (AvgIpc) is 3.30. The summed E-state index contributed by atoms with van der Waals surface area (Å²) in [5.74, 6) is 0.938. The van der Waals surface area contributed by atoms with Crippen molar-refractivity contribution in [3.63, 3.8) is 0 Å². The van der Waals surface area contributed by atoms with Gasteiger partial charge in [0.1, 0.15) is 24.5 Å². The van der Waals surface area contributed by atoms with Crippen LogP contribution in [-0.4, -0.2) is 102 Å². The van der Waals surface area contributed by atoms with Crippen LogP contribution >= 0.6 is 11.6 Å². The SMILES string of the molecule is COc1cc2ncnc(Nc3cccc(Cl)c3F)c2cc1OC1C[C@@H](C(O)N(C)C2CCN(C)CC2)N(C)C1. The first kappa shape index (κ1) is 27.8. The van der Waals surface area contributed by atoms with E-state index < -0.39 is 12.0 Å². The van der Waals surface area contributed by atoms with Gasteiger partial charge in [0.15, 0.2) is 17.3 Å². The molecule has 0 radical (unpaired) electrons. The maximum Gasteiger partial charge on any atom is 0.165 e. The molecule has 0 amide bonds. The molecule has 2 aromatic carbocycles. The number of halogens is 2. The number of aliphatic hydroxyl groups excluding tert-OH is 1. The predicted molar refractivity (Wildman–Crippen MR) is 151 cm³/mol. The van der Waals surface area contributed by atoms with Crippen molar-refractivity contribution in [2.75, 3.05) is 53.2 Å². The van der Waals surface area contributed by atoms with Crippen LogP contribution in [-0.2, 0) is 0 Å². The van der Waals surface area contributed by atoms with E-state index in [9.17, 15) is 9.50 Å². The summed E-state index contributed by atoms with van der Waals surface area (Å²) >= 11 is 5.96. The van der Waals surface area contributed by atoms with E-state index in [1.165, 1.54) is 12.4 Å². The summed E-state index contributed by atoms with van der Waals surface area (Å²) < 4.78 is 26.7. The van der Waals surface area contributed by atoms with Crippen molar-refractivity contribution in [2.24, 2.45) is 0 Å². The fraction of sp³-hybridized carbons (Fsp3) is 0.500. The lowest BCUT2D eigenvalue weighted by molar-refractivity contribution is -0.0624. The number of rotatable bonds is 8. The van der Waals surface area contributed by atoms with Gasteiger partial charge in [0.2, 0.25) is 0 Å². The number of ether oxygens (including phenoxy) is 2. The molecule has 2 unspecified atom stereocenters. The standard InChI is InChI=1S/C28H36ClFN6O3/c1-34-10-8-17(9-11-34)36(3)28(37)23-12-18(15-35(23)2)39-25-13-19-22(14-24(25)38-4)31-16-32-27(19)33-21-7-5-6-20(29)26(21)30/h5-7,13-14,16-18,23,28,37H,8-12,15H2,1-4H3,(H,31,32,33)/t18?,23-,28?/m0/s1. The Morgan fingerprint density at radius 2 is 1.95 bits per heavy atom. The van der Waals surface area contributed by atoms with Crippen molar-refractivity contribution in [3.05, 3.63) is 47.5 Å². The number of piperidine rings is 1. The molecule has 3 heterocycles. The molecule has 1 aromatic heterocycles. The summed E-state index contributed by atoms with van der Waals surface area (Å²) in [6.07, 6.45) is 3.43. The number of nitrogens with zero attached hydrogens (tertiary/aromatic N) is 5. The van der Waals surface area contributed by atoms with Gasteiger partial charge in [-0.3, -0.25) is 9.80 Å². The molecule has 9 nitrogen and oxygen atoms in total. The van der Waals surface area contributed by atoms with Crippen molar-refractivity contribution in [1.82, 2.24) is 24.7 Å². The summed E-state index contributed by atoms with van der Waals surface area (Å²) in [6.45, 7) is 2.74. The Morgan fingerprint density at radius 3 is 2.69 bits per heavy atom. The van der Waals surface area contributed by atoms with Gasteiger partial charge in [-0.1, -0.05) is 17.7 Å². The second kappa shape index (κ2) is 11.8. The first-order valence-corrected chi connectivity index (χ1v) is 13.6. The summed E-state index contributed by atoms with van der Waals surface area (Å²) in [6, 6.07) is 8.65. The highest BCUT2D eigenvalue weighted by atomic mass is 35.5. The number of likely N-dealkylation sites (N-methyl/N-ethyl adjacent to an activating group) is 2. The third kappa shape index (κ3) is 5.90. The fourth-order valence-corrected chi connectivity index (χ4v) is 5.80. The number of fused-ring (bicyclic) bond motifs is 1. The highest BCUT2D eigenvalue weighted by Gasteiger charge is 2.39. The Bertz CT molecular complexity index is 1310. The van der Waals surface area contributed by atoms with Gasteiger partial charge in [0.25, 0.3) is 0 Å². The average molecular weight is 559 g/mol. The topological polar surface area (TPSA) is 86.2 Å². The molecular weight excluding hydrogens is 523 g/mol. The summed E-state index contributed by atoms with van der Waals surface area (Å²) in [4.78, 5) is 15.3. The number of aliphatic hydroxyl groups is 1. The van der Waals surface area contributed by atoms with Crippen molar-refractivity contribution in [1.29, 1.82) is 0 Å². The van der Waals surface area contributed by atoms with Crippen molar-refractivity contribution >= 4 is 34.0 Å². The lowest BCUT2D eigenvalue weighted by Crippen LogP contribution is -2.52. The van der Waals surface area contributed by atoms with E-state index in [0.717, 1.165) is 25.9 Å². The molecule has 210 valence electrons. The molecule has 11 heteroatoms. The highest BCUT2D eigenvalue weighted by Crippen LogP contribution is 2.37. The van der Waals surface area contributed by atoms with Crippen molar-refractivity contribution in [2.45, 2.75) is 43.7 Å². The zero-order valence-corrected chi connectivity index (χ0v) is 23.5. The molecule has 3 atom stereocenters. The van der Waals surface area contributed by atoms with Crippen LogP contribution in [0.25, 0.3) is 10.9 Å². The molecule has 2 aliphatic rings. The molecule has 3 aromatic rings. The monoisotopic (exact) mass is 558 g/mol. The van der Waals surface area contributed by atoms with Gasteiger partial charge in [-0.2, -0.15) is 0 Å². The predicted octanol–water partition coefficient (Wildman–Crippen LogP) is 3.97. The maximum atomic E-state index is 14.6. The number of hydrogen-bond acceptors (Lipinski definition) is 9. The number of aromatic nitrogens is 2. The quantitative estimate of drug-likeness (QED) is 0.399. The third-order valence-electron chi connectivity index (χ3n) is 8.01. The Kier molecular flexibility index (Phi) is 8.39. The molecule has 2 N–H and O–H groups in total. The van der Waals surface area contributed by atoms with Crippen LogP contribution in [0, 0.1) is 5.82 Å². The number of anilines is 2. The van der Waals surface area contributed by atoms with Gasteiger partial charge >= 0.3 is 0 Å². The number of nitrogens with one attached hydrogen (secondary N) is 1. The van der Waals surface area contributed by atoms with Gasteiger partial charge in [0.05, 0.1) is 29.4 Å². The molecule has 0 saturated carbocycles. The maximum absolute atomic E-state index is 14.6. The van der Waals surface area contributed by atoms with E-state index in [0.29, 0.717) is 47.2 Å². The Balaban J connectivity index is 1.34. The van der Waals surface area contributed by atoms with Crippen molar-refractivity contribution < 1.29 is 19.0 Å². The van der Waals surface area contributed by atoms with Gasteiger partial charge in [0, 0.05) is 30.5 Å². The lowest BCUT2D eigenvalue weighted by Gasteiger charge is -2.40. The number of methoxy groups -OCH3 is 1. The minimum atomic E-state index is -0.590. The Hall–Kier alpha value is -2.76. The van der Waals surface area contributed by atoms with E-state index >= 15 is 0 Å². The molecule has 39 heavy (non-hydrogen) atoms. The minimum Gasteiger partial charge on any atom is -0.493 e. The summed E-state index contributed by atoms with van der Waals surface area (Å²) in [5.41, 5.74) is 0.833. The van der Waals surface area contributed by atoms with E-state index in [1.54, 1.807) is 25.3 Å². The van der Waals surface area contributed by atoms with Crippen LogP contribution in [0.15, 0.2) is 36.7 Å². The highest BCUT2D eigenvalue weighted by molar-refractivity contribution is 6.31. The normalized spacial score (nSPS) is 21.9. The van der Waals surface area contributed by atoms with Crippen LogP contribution in [0.1, 0.15) is 19.3 Å². The van der Waals surface area contributed by atoms with E-state index in [1.807, 2.05) is 20.2 Å². The third-order valence-corrected chi connectivity index (χ3v) is 8.30. The Morgan fingerprint density at radius 1 is 1.18 bits per heavy atom. The lowest BCUT2D eigenvalue weighted by atomic mass is 10.0. The van der Waals surface area contributed by atoms with Gasteiger partial charge < -0.3 is 24.8 Å². The molecule has 2 fully saturated rings. The number of hydrogen-bond donors (Lipinski definition) is 2. The fourth-order valence-electron chi connectivity index (χ4n) is 5.63. The van der Waals surface area contributed by atoms with E-state index in [2.05, 4.69) is 37.0 Å². The van der Waals surface area contributed by atoms with Crippen LogP contribution in [0.5, 0.6) is 11.5 Å². The minimum absolute atomic E-state index is 0.0209. The molecule has 2 aliphatic heterocycles. The van der Waals surface area contributed by atoms with Crippen LogP contribution in [0.4, 0.5) is 15.9 Å². The van der Waals surface area contributed by atoms with E-state index in [-0.39, 0.29) is 22.9 Å². The number of likely N-dealkylation sites (tertiary alicyclic amines) is 2.